The Balaban J connectivity index is 2.21. The molecule has 150 valence electrons. The van der Waals surface area contributed by atoms with E-state index < -0.39 is 18.8 Å². The fourth-order valence-corrected chi connectivity index (χ4v) is 3.14. The van der Waals surface area contributed by atoms with E-state index in [1.54, 1.807) is 26.0 Å². The molecule has 1 aromatic carbocycles. The van der Waals surface area contributed by atoms with E-state index in [9.17, 15) is 22.8 Å². The average molecular weight is 394 g/mol. The number of carbonyl (C=O) groups excluding carboxylic acids is 2. The van der Waals surface area contributed by atoms with Gasteiger partial charge in [0, 0.05) is 23.9 Å². The first-order valence-corrected chi connectivity index (χ1v) is 8.52. The smallest absolute Gasteiger partial charge is 0.422 e. The van der Waals surface area contributed by atoms with E-state index in [-0.39, 0.29) is 29.6 Å². The minimum atomic E-state index is -4.42. The SMILES string of the molecule is C=N/C=C\C1=C(C(C)=O)C(C)N(Cc2ccc(OCC(F)(F)F)c(C)c2)C1=O. The van der Waals surface area contributed by atoms with Gasteiger partial charge in [0.1, 0.15) is 5.75 Å². The molecule has 0 bridgehead atoms. The molecule has 1 atom stereocenters. The van der Waals surface area contributed by atoms with Gasteiger partial charge in [-0.3, -0.25) is 14.6 Å². The van der Waals surface area contributed by atoms with Crippen molar-refractivity contribution in [3.8, 4) is 5.75 Å². The van der Waals surface area contributed by atoms with Crippen molar-refractivity contribution >= 4 is 18.4 Å². The fourth-order valence-electron chi connectivity index (χ4n) is 3.14. The first-order chi connectivity index (χ1) is 13.0. The number of ether oxygens (including phenoxy) is 1. The Morgan fingerprint density at radius 3 is 2.61 bits per heavy atom. The number of aliphatic imine (C=N–C) groups is 1. The number of halogens is 3. The summed E-state index contributed by atoms with van der Waals surface area (Å²) in [6, 6.07) is 4.28. The van der Waals surface area contributed by atoms with E-state index in [2.05, 4.69) is 11.7 Å². The van der Waals surface area contributed by atoms with Gasteiger partial charge in [0.15, 0.2) is 12.4 Å². The highest BCUT2D eigenvalue weighted by molar-refractivity contribution is 6.10. The maximum atomic E-state index is 12.8. The minimum Gasteiger partial charge on any atom is -0.484 e. The Morgan fingerprint density at radius 2 is 2.07 bits per heavy atom. The largest absolute Gasteiger partial charge is 0.484 e. The average Bonchev–Trinajstić information content (AvgIpc) is 2.82. The van der Waals surface area contributed by atoms with E-state index in [0.29, 0.717) is 16.7 Å². The van der Waals surface area contributed by atoms with Crippen molar-refractivity contribution in [3.63, 3.8) is 0 Å². The van der Waals surface area contributed by atoms with Crippen LogP contribution in [-0.4, -0.2) is 42.1 Å². The molecule has 28 heavy (non-hydrogen) atoms. The quantitative estimate of drug-likeness (QED) is 0.662. The second kappa shape index (κ2) is 8.41. The zero-order chi connectivity index (χ0) is 21.1. The Hall–Kier alpha value is -2.90. The van der Waals surface area contributed by atoms with Gasteiger partial charge in [0.05, 0.1) is 6.04 Å². The van der Waals surface area contributed by atoms with Crippen LogP contribution in [0, 0.1) is 6.92 Å². The minimum absolute atomic E-state index is 0.130. The molecule has 0 aromatic heterocycles. The predicted molar refractivity (Wildman–Crippen MR) is 99.1 cm³/mol. The molecule has 5 nitrogen and oxygen atoms in total. The Morgan fingerprint density at radius 1 is 1.39 bits per heavy atom. The number of rotatable bonds is 7. The Kier molecular flexibility index (Phi) is 6.43. The van der Waals surface area contributed by atoms with Gasteiger partial charge >= 0.3 is 6.18 Å². The molecule has 1 unspecified atom stereocenters. The molecule has 1 aliphatic heterocycles. The number of hydrogen-bond acceptors (Lipinski definition) is 4. The van der Waals surface area contributed by atoms with Crippen molar-refractivity contribution in [3.05, 3.63) is 52.7 Å². The van der Waals surface area contributed by atoms with E-state index in [1.807, 2.05) is 0 Å². The molecule has 0 fully saturated rings. The maximum absolute atomic E-state index is 12.8. The highest BCUT2D eigenvalue weighted by Gasteiger charge is 2.37. The number of benzene rings is 1. The van der Waals surface area contributed by atoms with E-state index in [0.717, 1.165) is 0 Å². The second-order valence-corrected chi connectivity index (χ2v) is 6.49. The van der Waals surface area contributed by atoms with Crippen molar-refractivity contribution in [2.24, 2.45) is 4.99 Å². The van der Waals surface area contributed by atoms with Crippen LogP contribution in [0.2, 0.25) is 0 Å². The normalized spacial score (nSPS) is 17.6. The van der Waals surface area contributed by atoms with Crippen molar-refractivity contribution < 1.29 is 27.5 Å². The van der Waals surface area contributed by atoms with Gasteiger partial charge in [0.2, 0.25) is 0 Å². The van der Waals surface area contributed by atoms with Crippen LogP contribution >= 0.6 is 0 Å². The molecule has 1 aromatic rings. The molecule has 1 aliphatic rings. The third kappa shape index (κ3) is 4.88. The van der Waals surface area contributed by atoms with Crippen LogP contribution in [0.15, 0.2) is 46.6 Å². The molecule has 0 radical (unpaired) electrons. The molecule has 0 spiro atoms. The molecule has 2 rings (SSSR count). The van der Waals surface area contributed by atoms with Crippen LogP contribution in [0.4, 0.5) is 13.2 Å². The highest BCUT2D eigenvalue weighted by Crippen LogP contribution is 2.30. The van der Waals surface area contributed by atoms with Crippen LogP contribution in [0.3, 0.4) is 0 Å². The summed E-state index contributed by atoms with van der Waals surface area (Å²) in [6.45, 7) is 6.94. The first kappa shape index (κ1) is 21.4. The van der Waals surface area contributed by atoms with Crippen LogP contribution in [-0.2, 0) is 16.1 Å². The number of alkyl halides is 3. The molecule has 0 N–H and O–H groups in total. The molecule has 8 heteroatoms. The zero-order valence-electron chi connectivity index (χ0n) is 15.8. The van der Waals surface area contributed by atoms with Crippen molar-refractivity contribution in [2.45, 2.75) is 39.5 Å². The highest BCUT2D eigenvalue weighted by atomic mass is 19.4. The monoisotopic (exact) mass is 394 g/mol. The predicted octanol–water partition coefficient (Wildman–Crippen LogP) is 3.77. The zero-order valence-corrected chi connectivity index (χ0v) is 15.8. The van der Waals surface area contributed by atoms with Gasteiger partial charge in [-0.05, 0) is 50.8 Å². The van der Waals surface area contributed by atoms with E-state index in [4.69, 9.17) is 4.74 Å². The standard InChI is InChI=1S/C20H21F3N2O3/c1-12-9-15(5-6-17(12)28-11-20(21,22)23)10-25-13(2)18(14(3)26)16(19(25)27)7-8-24-4/h5-9,13H,4,10-11H2,1-3H3/b8-7-. The van der Waals surface area contributed by atoms with Crippen LogP contribution in [0.5, 0.6) is 5.75 Å². The summed E-state index contributed by atoms with van der Waals surface area (Å²) in [5.41, 5.74) is 1.91. The van der Waals surface area contributed by atoms with Crippen molar-refractivity contribution in [1.82, 2.24) is 4.90 Å². The number of aryl methyl sites for hydroxylation is 1. The summed E-state index contributed by atoms with van der Waals surface area (Å²) in [5.74, 6) is -0.392. The van der Waals surface area contributed by atoms with Crippen LogP contribution in [0.1, 0.15) is 25.0 Å². The summed E-state index contributed by atoms with van der Waals surface area (Å²) in [5, 5.41) is 0. The summed E-state index contributed by atoms with van der Waals surface area (Å²) < 4.78 is 41.7. The maximum Gasteiger partial charge on any atom is 0.422 e. The summed E-state index contributed by atoms with van der Waals surface area (Å²) in [6.07, 6.45) is -1.60. The second-order valence-electron chi connectivity index (χ2n) is 6.49. The van der Waals surface area contributed by atoms with E-state index in [1.165, 1.54) is 30.2 Å². The summed E-state index contributed by atoms with van der Waals surface area (Å²) in [7, 11) is 0. The third-order valence-electron chi connectivity index (χ3n) is 4.38. The van der Waals surface area contributed by atoms with Gasteiger partial charge in [-0.25, -0.2) is 0 Å². The van der Waals surface area contributed by atoms with Crippen LogP contribution < -0.4 is 4.74 Å². The van der Waals surface area contributed by atoms with Gasteiger partial charge in [-0.2, -0.15) is 13.2 Å². The third-order valence-corrected chi connectivity index (χ3v) is 4.38. The van der Waals surface area contributed by atoms with Gasteiger partial charge in [-0.15, -0.1) is 0 Å². The molecule has 0 saturated heterocycles. The molecule has 1 heterocycles. The summed E-state index contributed by atoms with van der Waals surface area (Å²) >= 11 is 0. The van der Waals surface area contributed by atoms with Gasteiger partial charge in [0.25, 0.3) is 5.91 Å². The topological polar surface area (TPSA) is 59.0 Å². The molecule has 1 amide bonds. The number of ketones is 1. The van der Waals surface area contributed by atoms with Crippen LogP contribution in [0.25, 0.3) is 0 Å². The lowest BCUT2D eigenvalue weighted by molar-refractivity contribution is -0.153. The number of carbonyl (C=O) groups is 2. The fraction of sp³-hybridized carbons (Fsp3) is 0.350. The number of Topliss-reactive ketones (excluding diaryl/α,β-unsaturated/α-hetero) is 1. The first-order valence-electron chi connectivity index (χ1n) is 8.52. The lowest BCUT2D eigenvalue weighted by atomic mass is 10.0. The number of hydrogen-bond donors (Lipinski definition) is 0. The molecular formula is C20H21F3N2O3. The molecular weight excluding hydrogens is 373 g/mol. The lowest BCUT2D eigenvalue weighted by Crippen LogP contribution is -2.34. The number of nitrogens with zero attached hydrogens (tertiary/aromatic N) is 2. The van der Waals surface area contributed by atoms with E-state index >= 15 is 0 Å². The van der Waals surface area contributed by atoms with Crippen molar-refractivity contribution in [1.29, 1.82) is 0 Å². The van der Waals surface area contributed by atoms with Gasteiger partial charge in [-0.1, -0.05) is 12.1 Å². The Bertz CT molecular complexity index is 857. The number of amides is 1. The summed E-state index contributed by atoms with van der Waals surface area (Å²) in [4.78, 5) is 29.9. The Labute approximate surface area is 161 Å². The van der Waals surface area contributed by atoms with Gasteiger partial charge < -0.3 is 9.64 Å². The lowest BCUT2D eigenvalue weighted by Gasteiger charge is -2.24. The molecule has 0 saturated carbocycles. The van der Waals surface area contributed by atoms with Crippen molar-refractivity contribution in [2.75, 3.05) is 6.61 Å². The molecule has 0 aliphatic carbocycles.